The van der Waals surface area contributed by atoms with Crippen LogP contribution in [0.3, 0.4) is 0 Å². The van der Waals surface area contributed by atoms with Crippen LogP contribution in [0.4, 0.5) is 0 Å². The fourth-order valence-electron chi connectivity index (χ4n) is 1.54. The zero-order valence-corrected chi connectivity index (χ0v) is 10.1. The highest BCUT2D eigenvalue weighted by atomic mass is 16.5. The minimum absolute atomic E-state index is 0.333. The van der Waals surface area contributed by atoms with E-state index in [1.54, 1.807) is 0 Å². The van der Waals surface area contributed by atoms with Crippen LogP contribution in [-0.2, 0) is 11.8 Å². The van der Waals surface area contributed by atoms with E-state index in [0.29, 0.717) is 6.04 Å². The van der Waals surface area contributed by atoms with Gasteiger partial charge in [0.15, 0.2) is 0 Å². The maximum atomic E-state index is 5.27. The van der Waals surface area contributed by atoms with E-state index in [1.807, 2.05) is 24.9 Å². The topological polar surface area (TPSA) is 39.1 Å². The van der Waals surface area contributed by atoms with Crippen molar-refractivity contribution in [3.63, 3.8) is 0 Å². The molecule has 0 saturated heterocycles. The Morgan fingerprint density at radius 3 is 2.87 bits per heavy atom. The summed E-state index contributed by atoms with van der Waals surface area (Å²) in [6.07, 6.45) is 1.92. The summed E-state index contributed by atoms with van der Waals surface area (Å²) in [4.78, 5) is 0. The van der Waals surface area contributed by atoms with Crippen LogP contribution in [0.1, 0.15) is 31.1 Å². The first-order valence-electron chi connectivity index (χ1n) is 5.46. The molecule has 15 heavy (non-hydrogen) atoms. The molecule has 4 heteroatoms. The summed E-state index contributed by atoms with van der Waals surface area (Å²) in [6, 6.07) is 0.333. The Morgan fingerprint density at radius 1 is 1.60 bits per heavy atom. The number of aryl methyl sites for hydroxylation is 1. The van der Waals surface area contributed by atoms with Crippen LogP contribution in [0.15, 0.2) is 6.20 Å². The highest BCUT2D eigenvalue weighted by Crippen LogP contribution is 2.15. The van der Waals surface area contributed by atoms with Gasteiger partial charge in [-0.25, -0.2) is 0 Å². The molecule has 0 fully saturated rings. The Labute approximate surface area is 91.6 Å². The van der Waals surface area contributed by atoms with Crippen LogP contribution in [0.25, 0.3) is 0 Å². The van der Waals surface area contributed by atoms with Gasteiger partial charge in [0.25, 0.3) is 0 Å². The molecule has 1 aromatic rings. The highest BCUT2D eigenvalue weighted by Gasteiger charge is 2.10. The van der Waals surface area contributed by atoms with Crippen LogP contribution in [0.5, 0.6) is 0 Å². The molecule has 0 saturated carbocycles. The second kappa shape index (κ2) is 5.88. The van der Waals surface area contributed by atoms with Crippen LogP contribution in [0, 0.1) is 6.92 Å². The zero-order valence-electron chi connectivity index (χ0n) is 10.1. The number of rotatable bonds is 6. The van der Waals surface area contributed by atoms with Gasteiger partial charge in [-0.05, 0) is 20.8 Å². The van der Waals surface area contributed by atoms with E-state index in [0.717, 1.165) is 19.8 Å². The highest BCUT2D eigenvalue weighted by molar-refractivity contribution is 5.19. The molecule has 4 nitrogen and oxygen atoms in total. The maximum Gasteiger partial charge on any atom is 0.0590 e. The van der Waals surface area contributed by atoms with Gasteiger partial charge in [-0.2, -0.15) is 5.10 Å². The third-order valence-corrected chi connectivity index (χ3v) is 2.64. The van der Waals surface area contributed by atoms with Gasteiger partial charge in [-0.3, -0.25) is 4.68 Å². The summed E-state index contributed by atoms with van der Waals surface area (Å²) in [5, 5.41) is 7.64. The van der Waals surface area contributed by atoms with E-state index in [9.17, 15) is 0 Å². The Kier molecular flexibility index (Phi) is 4.78. The van der Waals surface area contributed by atoms with Crippen molar-refractivity contribution in [3.05, 3.63) is 17.5 Å². The lowest BCUT2D eigenvalue weighted by molar-refractivity contribution is 0.147. The average molecular weight is 211 g/mol. The Morgan fingerprint density at radius 2 is 2.33 bits per heavy atom. The van der Waals surface area contributed by atoms with Crippen molar-refractivity contribution in [2.75, 3.05) is 19.8 Å². The predicted molar refractivity (Wildman–Crippen MR) is 60.9 cm³/mol. The SMILES string of the molecule is CCOCCNC(C)c1cnn(C)c1C. The molecule has 1 aromatic heterocycles. The third-order valence-electron chi connectivity index (χ3n) is 2.64. The number of aromatic nitrogens is 2. The molecule has 0 aliphatic carbocycles. The fourth-order valence-corrected chi connectivity index (χ4v) is 1.54. The normalized spacial score (nSPS) is 13.1. The second-order valence-electron chi connectivity index (χ2n) is 3.68. The fraction of sp³-hybridized carbons (Fsp3) is 0.727. The van der Waals surface area contributed by atoms with Gasteiger partial charge < -0.3 is 10.1 Å². The molecule has 0 aliphatic rings. The number of hydrogen-bond acceptors (Lipinski definition) is 3. The van der Waals surface area contributed by atoms with Crippen LogP contribution in [-0.4, -0.2) is 29.5 Å². The van der Waals surface area contributed by atoms with E-state index in [-0.39, 0.29) is 0 Å². The first kappa shape index (κ1) is 12.2. The first-order chi connectivity index (χ1) is 7.16. The quantitative estimate of drug-likeness (QED) is 0.723. The molecular weight excluding hydrogens is 190 g/mol. The minimum Gasteiger partial charge on any atom is -0.380 e. The number of nitrogens with zero attached hydrogens (tertiary/aromatic N) is 2. The van der Waals surface area contributed by atoms with E-state index in [4.69, 9.17) is 4.74 Å². The van der Waals surface area contributed by atoms with Crippen LogP contribution in [0.2, 0.25) is 0 Å². The molecule has 0 amide bonds. The molecule has 0 radical (unpaired) electrons. The van der Waals surface area contributed by atoms with E-state index in [1.165, 1.54) is 11.3 Å². The van der Waals surface area contributed by atoms with E-state index >= 15 is 0 Å². The molecule has 1 atom stereocenters. The van der Waals surface area contributed by atoms with Crippen molar-refractivity contribution < 1.29 is 4.74 Å². The molecule has 0 aliphatic heterocycles. The Balaban J connectivity index is 2.40. The summed E-state index contributed by atoms with van der Waals surface area (Å²) >= 11 is 0. The summed E-state index contributed by atoms with van der Waals surface area (Å²) < 4.78 is 7.17. The van der Waals surface area contributed by atoms with Gasteiger partial charge in [0.2, 0.25) is 0 Å². The lowest BCUT2D eigenvalue weighted by atomic mass is 10.1. The number of ether oxygens (including phenoxy) is 1. The van der Waals surface area contributed by atoms with Crippen molar-refractivity contribution in [2.24, 2.45) is 7.05 Å². The Bertz CT molecular complexity index is 296. The molecule has 1 rings (SSSR count). The largest absolute Gasteiger partial charge is 0.380 e. The number of hydrogen-bond donors (Lipinski definition) is 1. The molecule has 0 aromatic carbocycles. The predicted octanol–water partition coefficient (Wildman–Crippen LogP) is 1.42. The van der Waals surface area contributed by atoms with E-state index < -0.39 is 0 Å². The second-order valence-corrected chi connectivity index (χ2v) is 3.68. The summed E-state index contributed by atoms with van der Waals surface area (Å²) in [6.45, 7) is 8.67. The van der Waals surface area contributed by atoms with E-state index in [2.05, 4.69) is 24.3 Å². The van der Waals surface area contributed by atoms with Gasteiger partial charge in [-0.1, -0.05) is 0 Å². The minimum atomic E-state index is 0.333. The molecule has 0 bridgehead atoms. The summed E-state index contributed by atoms with van der Waals surface area (Å²) in [7, 11) is 1.96. The molecule has 0 spiro atoms. The molecular formula is C11H21N3O. The summed E-state index contributed by atoms with van der Waals surface area (Å²) in [5.74, 6) is 0. The van der Waals surface area contributed by atoms with Gasteiger partial charge in [0, 0.05) is 37.5 Å². The summed E-state index contributed by atoms with van der Waals surface area (Å²) in [5.41, 5.74) is 2.47. The smallest absolute Gasteiger partial charge is 0.0590 e. The van der Waals surface area contributed by atoms with Crippen LogP contribution < -0.4 is 5.32 Å². The van der Waals surface area contributed by atoms with Crippen molar-refractivity contribution in [1.29, 1.82) is 0 Å². The standard InChI is InChI=1S/C11H21N3O/c1-5-15-7-6-12-9(2)11-8-13-14(4)10(11)3/h8-9,12H,5-7H2,1-4H3. The third kappa shape index (κ3) is 3.32. The van der Waals surface area contributed by atoms with Gasteiger partial charge in [0.1, 0.15) is 0 Å². The maximum absolute atomic E-state index is 5.27. The lowest BCUT2D eigenvalue weighted by Crippen LogP contribution is -2.23. The van der Waals surface area contributed by atoms with Crippen molar-refractivity contribution in [2.45, 2.75) is 26.8 Å². The van der Waals surface area contributed by atoms with Gasteiger partial charge >= 0.3 is 0 Å². The molecule has 1 N–H and O–H groups in total. The van der Waals surface area contributed by atoms with Crippen molar-refractivity contribution in [1.82, 2.24) is 15.1 Å². The van der Waals surface area contributed by atoms with Gasteiger partial charge in [-0.15, -0.1) is 0 Å². The molecule has 1 unspecified atom stereocenters. The molecule has 1 heterocycles. The first-order valence-corrected chi connectivity index (χ1v) is 5.46. The van der Waals surface area contributed by atoms with Crippen molar-refractivity contribution in [3.8, 4) is 0 Å². The van der Waals surface area contributed by atoms with Crippen molar-refractivity contribution >= 4 is 0 Å². The number of nitrogens with one attached hydrogen (secondary N) is 1. The van der Waals surface area contributed by atoms with Crippen LogP contribution >= 0.6 is 0 Å². The van der Waals surface area contributed by atoms with Gasteiger partial charge in [0.05, 0.1) is 12.8 Å². The monoisotopic (exact) mass is 211 g/mol. The lowest BCUT2D eigenvalue weighted by Gasteiger charge is -2.13. The Hall–Kier alpha value is -0.870. The molecule has 86 valence electrons. The zero-order chi connectivity index (χ0) is 11.3. The average Bonchev–Trinajstić information content (AvgIpc) is 2.55.